The van der Waals surface area contributed by atoms with E-state index >= 15 is 0 Å². The minimum absolute atomic E-state index is 0.000123. The maximum atomic E-state index is 13.9. The number of benzene rings is 1. The summed E-state index contributed by atoms with van der Waals surface area (Å²) in [5.41, 5.74) is 0.323. The van der Waals surface area contributed by atoms with E-state index in [0.29, 0.717) is 14.8 Å². The molecule has 2 rings (SSSR count). The molecule has 0 unspecified atom stereocenters. The summed E-state index contributed by atoms with van der Waals surface area (Å²) < 4.78 is 19.3. The first kappa shape index (κ1) is 13.1. The lowest BCUT2D eigenvalue weighted by Gasteiger charge is -2.06. The average molecular weight is 285 g/mol. The first-order chi connectivity index (χ1) is 8.61. The summed E-state index contributed by atoms with van der Waals surface area (Å²) in [4.78, 5) is 12.5. The summed E-state index contributed by atoms with van der Waals surface area (Å²) in [7, 11) is 1.39. The van der Waals surface area contributed by atoms with Crippen LogP contribution in [0.1, 0.15) is 15.2 Å². The van der Waals surface area contributed by atoms with Crippen molar-refractivity contribution in [2.45, 2.75) is 6.42 Å². The second-order valence-corrected chi connectivity index (χ2v) is 5.35. The first-order valence-electron chi connectivity index (χ1n) is 5.21. The molecule has 94 valence electrons. The highest BCUT2D eigenvalue weighted by molar-refractivity contribution is 7.18. The van der Waals surface area contributed by atoms with Crippen molar-refractivity contribution in [3.63, 3.8) is 0 Å². The van der Waals surface area contributed by atoms with Crippen LogP contribution in [0.5, 0.6) is 5.75 Å². The van der Waals surface area contributed by atoms with Gasteiger partial charge >= 0.3 is 0 Å². The Balaban J connectivity index is 2.22. The van der Waals surface area contributed by atoms with E-state index < -0.39 is 5.82 Å². The first-order valence-corrected chi connectivity index (χ1v) is 6.41. The molecular formula is C13H10ClFO2S. The summed E-state index contributed by atoms with van der Waals surface area (Å²) in [6.07, 6.45) is -0.000123. The van der Waals surface area contributed by atoms with Crippen LogP contribution in [-0.2, 0) is 6.42 Å². The average Bonchev–Trinajstić information content (AvgIpc) is 2.78. The number of hydrogen-bond donors (Lipinski definition) is 0. The number of hydrogen-bond acceptors (Lipinski definition) is 3. The molecule has 0 saturated carbocycles. The number of carbonyl (C=O) groups excluding carboxylic acids is 1. The molecule has 0 aliphatic rings. The smallest absolute Gasteiger partial charge is 0.177 e. The van der Waals surface area contributed by atoms with Gasteiger partial charge in [0.1, 0.15) is 0 Å². The van der Waals surface area contributed by atoms with E-state index in [0.717, 1.165) is 0 Å². The lowest BCUT2D eigenvalue weighted by Crippen LogP contribution is -2.04. The third kappa shape index (κ3) is 2.71. The Morgan fingerprint density at radius 1 is 1.39 bits per heavy atom. The topological polar surface area (TPSA) is 26.3 Å². The summed E-state index contributed by atoms with van der Waals surface area (Å²) in [6, 6.07) is 8.05. The van der Waals surface area contributed by atoms with Gasteiger partial charge in [0.15, 0.2) is 17.3 Å². The molecule has 18 heavy (non-hydrogen) atoms. The molecule has 1 aromatic heterocycles. The van der Waals surface area contributed by atoms with E-state index in [1.807, 2.05) is 0 Å². The minimum atomic E-state index is -0.490. The number of thiophene rings is 1. The van der Waals surface area contributed by atoms with Crippen LogP contribution in [-0.4, -0.2) is 12.9 Å². The van der Waals surface area contributed by atoms with E-state index in [1.165, 1.54) is 24.5 Å². The number of ether oxygens (including phenoxy) is 1. The van der Waals surface area contributed by atoms with Gasteiger partial charge in [0.2, 0.25) is 0 Å². The zero-order valence-electron chi connectivity index (χ0n) is 9.57. The molecular weight excluding hydrogens is 275 g/mol. The molecule has 0 aliphatic heterocycles. The molecule has 0 spiro atoms. The van der Waals surface area contributed by atoms with Gasteiger partial charge in [-0.1, -0.05) is 23.7 Å². The zero-order chi connectivity index (χ0) is 13.1. The van der Waals surface area contributed by atoms with Gasteiger partial charge in [-0.25, -0.2) is 4.39 Å². The van der Waals surface area contributed by atoms with Crippen molar-refractivity contribution in [3.05, 3.63) is 50.9 Å². The second kappa shape index (κ2) is 5.50. The Bertz CT molecular complexity index is 580. The molecule has 0 aliphatic carbocycles. The van der Waals surface area contributed by atoms with Gasteiger partial charge < -0.3 is 4.74 Å². The monoisotopic (exact) mass is 284 g/mol. The van der Waals surface area contributed by atoms with Crippen LogP contribution in [0.3, 0.4) is 0 Å². The van der Waals surface area contributed by atoms with E-state index in [9.17, 15) is 9.18 Å². The zero-order valence-corrected chi connectivity index (χ0v) is 11.1. The molecule has 0 radical (unpaired) electrons. The van der Waals surface area contributed by atoms with Crippen molar-refractivity contribution in [2.75, 3.05) is 7.11 Å². The van der Waals surface area contributed by atoms with Gasteiger partial charge in [0.05, 0.1) is 16.3 Å². The van der Waals surface area contributed by atoms with Crippen molar-refractivity contribution < 1.29 is 13.9 Å². The number of methoxy groups -OCH3 is 1. The highest BCUT2D eigenvalue weighted by atomic mass is 35.5. The van der Waals surface area contributed by atoms with E-state index in [4.69, 9.17) is 16.3 Å². The Kier molecular flexibility index (Phi) is 3.99. The number of Topliss-reactive ketones (excluding diaryl/α,β-unsaturated/α-hetero) is 1. The Morgan fingerprint density at radius 3 is 2.78 bits per heavy atom. The molecule has 0 saturated heterocycles. The highest BCUT2D eigenvalue weighted by Gasteiger charge is 2.14. The molecule has 0 amide bonds. The molecule has 0 fully saturated rings. The Hall–Kier alpha value is -1.39. The molecule has 0 bridgehead atoms. The van der Waals surface area contributed by atoms with Crippen molar-refractivity contribution in [1.29, 1.82) is 0 Å². The number of rotatable bonds is 4. The largest absolute Gasteiger partial charge is 0.494 e. The quantitative estimate of drug-likeness (QED) is 0.794. The van der Waals surface area contributed by atoms with E-state index in [2.05, 4.69) is 0 Å². The fourth-order valence-corrected chi connectivity index (χ4v) is 2.56. The Morgan fingerprint density at radius 2 is 2.17 bits per heavy atom. The fraction of sp³-hybridized carbons (Fsp3) is 0.154. The van der Waals surface area contributed by atoms with Crippen LogP contribution in [0, 0.1) is 5.82 Å². The van der Waals surface area contributed by atoms with Crippen molar-refractivity contribution >= 4 is 28.7 Å². The normalized spacial score (nSPS) is 10.4. The Labute approximate surface area is 113 Å². The van der Waals surface area contributed by atoms with Crippen LogP contribution >= 0.6 is 22.9 Å². The van der Waals surface area contributed by atoms with Gasteiger partial charge in [-0.05, 0) is 23.8 Å². The van der Waals surface area contributed by atoms with Gasteiger partial charge in [0, 0.05) is 6.42 Å². The van der Waals surface area contributed by atoms with Crippen LogP contribution in [0.15, 0.2) is 30.3 Å². The SMILES string of the molecule is COc1cccc(CC(=O)c2ccc(Cl)s2)c1F. The predicted molar refractivity (Wildman–Crippen MR) is 70.3 cm³/mol. The third-order valence-corrected chi connectivity index (χ3v) is 3.73. The van der Waals surface area contributed by atoms with Crippen molar-refractivity contribution in [2.24, 2.45) is 0 Å². The number of carbonyl (C=O) groups is 1. The molecule has 1 heterocycles. The van der Waals surface area contributed by atoms with Crippen LogP contribution in [0.4, 0.5) is 4.39 Å². The molecule has 1 aromatic carbocycles. The van der Waals surface area contributed by atoms with Crippen molar-refractivity contribution in [3.8, 4) is 5.75 Å². The minimum Gasteiger partial charge on any atom is -0.494 e. The van der Waals surface area contributed by atoms with Gasteiger partial charge in [0.25, 0.3) is 0 Å². The molecule has 0 N–H and O–H groups in total. The molecule has 5 heteroatoms. The summed E-state index contributed by atoms with van der Waals surface area (Å²) in [5, 5.41) is 0. The predicted octanol–water partition coefficient (Wildman–Crippen LogP) is 3.97. The second-order valence-electron chi connectivity index (χ2n) is 3.64. The summed E-state index contributed by atoms with van der Waals surface area (Å²) in [5.74, 6) is -0.500. The van der Waals surface area contributed by atoms with E-state index in [-0.39, 0.29) is 18.0 Å². The van der Waals surface area contributed by atoms with Crippen LogP contribution in [0.25, 0.3) is 0 Å². The highest BCUT2D eigenvalue weighted by Crippen LogP contribution is 2.25. The van der Waals surface area contributed by atoms with Gasteiger partial charge in [-0.2, -0.15) is 0 Å². The number of ketones is 1. The lowest BCUT2D eigenvalue weighted by atomic mass is 10.1. The number of halogens is 2. The third-order valence-electron chi connectivity index (χ3n) is 2.46. The molecule has 2 nitrogen and oxygen atoms in total. The maximum Gasteiger partial charge on any atom is 0.177 e. The van der Waals surface area contributed by atoms with E-state index in [1.54, 1.807) is 24.3 Å². The molecule has 2 aromatic rings. The lowest BCUT2D eigenvalue weighted by molar-refractivity contribution is 0.0995. The summed E-state index contributed by atoms with van der Waals surface area (Å²) >= 11 is 6.95. The standard InChI is InChI=1S/C13H10ClFO2S/c1-17-10-4-2-3-8(13(10)15)7-9(16)11-5-6-12(14)18-11/h2-6H,7H2,1H3. The van der Waals surface area contributed by atoms with Gasteiger partial charge in [-0.3, -0.25) is 4.79 Å². The maximum absolute atomic E-state index is 13.9. The van der Waals surface area contributed by atoms with Gasteiger partial charge in [-0.15, -0.1) is 11.3 Å². The fourth-order valence-electron chi connectivity index (χ4n) is 1.57. The van der Waals surface area contributed by atoms with Crippen molar-refractivity contribution in [1.82, 2.24) is 0 Å². The molecule has 0 atom stereocenters. The summed E-state index contributed by atoms with van der Waals surface area (Å²) in [6.45, 7) is 0. The van der Waals surface area contributed by atoms with Crippen LogP contribution in [0.2, 0.25) is 4.34 Å². The van der Waals surface area contributed by atoms with Crippen LogP contribution < -0.4 is 4.74 Å².